The second-order valence-corrected chi connectivity index (χ2v) is 2.89. The quantitative estimate of drug-likeness (QED) is 0.461. The molecule has 0 radical (unpaired) electrons. The average Bonchev–Trinajstić information content (AvgIpc) is 2.14. The van der Waals surface area contributed by atoms with Crippen molar-refractivity contribution in [3.8, 4) is 11.8 Å². The molecule has 0 bridgehead atoms. The van der Waals surface area contributed by atoms with Crippen molar-refractivity contribution in [2.24, 2.45) is 11.7 Å². The average molecular weight is 161 g/mol. The van der Waals surface area contributed by atoms with Crippen LogP contribution in [0.5, 0.6) is 0 Å². The Bertz CT molecular complexity index is 227. The first kappa shape index (κ1) is 9.09. The van der Waals surface area contributed by atoms with E-state index < -0.39 is 0 Å². The minimum atomic E-state index is 0.473. The molecule has 0 saturated carbocycles. The van der Waals surface area contributed by atoms with Gasteiger partial charge in [-0.2, -0.15) is 0 Å². The molecule has 0 saturated heterocycles. The molecule has 1 aliphatic carbocycles. The number of allylic oxidation sites excluding steroid dienone is 3. The summed E-state index contributed by atoms with van der Waals surface area (Å²) in [6.45, 7) is 0.579. The summed E-state index contributed by atoms with van der Waals surface area (Å²) in [4.78, 5) is 0. The van der Waals surface area contributed by atoms with Crippen LogP contribution in [-0.2, 0) is 0 Å². The van der Waals surface area contributed by atoms with Crippen molar-refractivity contribution < 1.29 is 0 Å². The molecule has 1 rings (SSSR count). The Morgan fingerprint density at radius 2 is 2.50 bits per heavy atom. The van der Waals surface area contributed by atoms with Crippen molar-refractivity contribution >= 4 is 0 Å². The normalized spacial score (nSPS) is 22.2. The van der Waals surface area contributed by atoms with Crippen LogP contribution in [0, 0.1) is 17.8 Å². The Balaban J connectivity index is 2.36. The largest absolute Gasteiger partial charge is 0.327 e. The number of hydrogen-bond acceptors (Lipinski definition) is 1. The van der Waals surface area contributed by atoms with Gasteiger partial charge in [0, 0.05) is 12.5 Å². The van der Waals surface area contributed by atoms with Crippen LogP contribution in [0.25, 0.3) is 0 Å². The van der Waals surface area contributed by atoms with E-state index in [1.54, 1.807) is 0 Å². The molecule has 1 heteroatoms. The van der Waals surface area contributed by atoms with Gasteiger partial charge in [0.15, 0.2) is 0 Å². The SMILES string of the molecule is NC/C=C/C#CC1C=CCCC1. The highest BCUT2D eigenvalue weighted by atomic mass is 14.5. The molecule has 0 aromatic heterocycles. The van der Waals surface area contributed by atoms with Gasteiger partial charge in [-0.1, -0.05) is 30.1 Å². The molecule has 0 heterocycles. The first-order valence-corrected chi connectivity index (χ1v) is 4.46. The van der Waals surface area contributed by atoms with Gasteiger partial charge in [0.1, 0.15) is 0 Å². The lowest BCUT2D eigenvalue weighted by molar-refractivity contribution is 0.645. The lowest BCUT2D eigenvalue weighted by Gasteiger charge is -2.08. The Morgan fingerprint density at radius 1 is 1.58 bits per heavy atom. The van der Waals surface area contributed by atoms with Gasteiger partial charge in [0.05, 0.1) is 0 Å². The number of rotatable bonds is 1. The molecule has 1 unspecified atom stereocenters. The fourth-order valence-electron chi connectivity index (χ4n) is 1.21. The van der Waals surface area contributed by atoms with Gasteiger partial charge in [-0.3, -0.25) is 0 Å². The van der Waals surface area contributed by atoms with Crippen molar-refractivity contribution in [1.82, 2.24) is 0 Å². The van der Waals surface area contributed by atoms with E-state index in [4.69, 9.17) is 5.73 Å². The molecule has 64 valence electrons. The molecule has 2 N–H and O–H groups in total. The van der Waals surface area contributed by atoms with Crippen LogP contribution in [0.2, 0.25) is 0 Å². The Morgan fingerprint density at radius 3 is 3.17 bits per heavy atom. The minimum absolute atomic E-state index is 0.473. The molecule has 0 aromatic carbocycles. The van der Waals surface area contributed by atoms with Crippen molar-refractivity contribution in [1.29, 1.82) is 0 Å². The summed E-state index contributed by atoms with van der Waals surface area (Å²) >= 11 is 0. The summed E-state index contributed by atoms with van der Waals surface area (Å²) in [6.07, 6.45) is 11.8. The molecule has 12 heavy (non-hydrogen) atoms. The van der Waals surface area contributed by atoms with E-state index in [1.165, 1.54) is 19.3 Å². The molecule has 1 aliphatic rings. The summed E-state index contributed by atoms with van der Waals surface area (Å²) < 4.78 is 0. The molecule has 0 fully saturated rings. The number of hydrogen-bond donors (Lipinski definition) is 1. The predicted octanol–water partition coefficient (Wildman–Crippen LogP) is 1.86. The van der Waals surface area contributed by atoms with E-state index in [-0.39, 0.29) is 0 Å². The summed E-state index contributed by atoms with van der Waals surface area (Å²) in [5.74, 6) is 6.64. The van der Waals surface area contributed by atoms with Crippen LogP contribution >= 0.6 is 0 Å². The molecule has 0 spiro atoms. The maximum Gasteiger partial charge on any atom is 0.0386 e. The van der Waals surface area contributed by atoms with Crippen LogP contribution < -0.4 is 5.73 Å². The maximum atomic E-state index is 5.28. The van der Waals surface area contributed by atoms with Gasteiger partial charge in [-0.15, -0.1) is 0 Å². The predicted molar refractivity (Wildman–Crippen MR) is 52.5 cm³/mol. The zero-order valence-electron chi connectivity index (χ0n) is 7.29. The molecule has 1 nitrogen and oxygen atoms in total. The van der Waals surface area contributed by atoms with Crippen LogP contribution in [-0.4, -0.2) is 6.54 Å². The van der Waals surface area contributed by atoms with Crippen molar-refractivity contribution in [2.75, 3.05) is 6.54 Å². The standard InChI is InChI=1S/C11H15N/c12-10-6-2-5-9-11-7-3-1-4-8-11/h2-3,6-7,11H,1,4,8,10,12H2/b6-2+. The van der Waals surface area contributed by atoms with Gasteiger partial charge < -0.3 is 5.73 Å². The van der Waals surface area contributed by atoms with Gasteiger partial charge in [0.2, 0.25) is 0 Å². The van der Waals surface area contributed by atoms with E-state index in [0.29, 0.717) is 12.5 Å². The smallest absolute Gasteiger partial charge is 0.0386 e. The van der Waals surface area contributed by atoms with Crippen LogP contribution in [0.1, 0.15) is 19.3 Å². The van der Waals surface area contributed by atoms with Crippen molar-refractivity contribution in [3.05, 3.63) is 24.3 Å². The third-order valence-corrected chi connectivity index (χ3v) is 1.86. The van der Waals surface area contributed by atoms with Crippen molar-refractivity contribution in [3.63, 3.8) is 0 Å². The van der Waals surface area contributed by atoms with E-state index >= 15 is 0 Å². The second-order valence-electron chi connectivity index (χ2n) is 2.89. The highest BCUT2D eigenvalue weighted by molar-refractivity contribution is 5.20. The van der Waals surface area contributed by atoms with E-state index in [0.717, 1.165) is 0 Å². The summed E-state index contributed by atoms with van der Waals surface area (Å²) in [6, 6.07) is 0. The third-order valence-electron chi connectivity index (χ3n) is 1.86. The fraction of sp³-hybridized carbons (Fsp3) is 0.455. The van der Waals surface area contributed by atoms with E-state index in [9.17, 15) is 0 Å². The van der Waals surface area contributed by atoms with Gasteiger partial charge in [-0.05, 0) is 25.3 Å². The summed E-state index contributed by atoms with van der Waals surface area (Å²) in [7, 11) is 0. The first-order valence-electron chi connectivity index (χ1n) is 4.46. The van der Waals surface area contributed by atoms with Gasteiger partial charge >= 0.3 is 0 Å². The Labute approximate surface area is 74.3 Å². The Kier molecular flexibility index (Phi) is 4.26. The van der Waals surface area contributed by atoms with E-state index in [2.05, 4.69) is 24.0 Å². The van der Waals surface area contributed by atoms with Crippen LogP contribution in [0.3, 0.4) is 0 Å². The maximum absolute atomic E-state index is 5.28. The Hall–Kier alpha value is -1.00. The van der Waals surface area contributed by atoms with Crippen LogP contribution in [0.4, 0.5) is 0 Å². The first-order chi connectivity index (χ1) is 5.93. The van der Waals surface area contributed by atoms with Gasteiger partial charge in [0.25, 0.3) is 0 Å². The molecule has 0 amide bonds. The monoisotopic (exact) mass is 161 g/mol. The van der Waals surface area contributed by atoms with Crippen LogP contribution in [0.15, 0.2) is 24.3 Å². The lowest BCUT2D eigenvalue weighted by Crippen LogP contribution is -1.96. The van der Waals surface area contributed by atoms with Gasteiger partial charge in [-0.25, -0.2) is 0 Å². The zero-order valence-corrected chi connectivity index (χ0v) is 7.29. The topological polar surface area (TPSA) is 26.0 Å². The summed E-state index contributed by atoms with van der Waals surface area (Å²) in [5, 5.41) is 0. The lowest BCUT2D eigenvalue weighted by atomic mass is 9.97. The molecular formula is C11H15N. The molecule has 0 aliphatic heterocycles. The van der Waals surface area contributed by atoms with Crippen molar-refractivity contribution in [2.45, 2.75) is 19.3 Å². The highest BCUT2D eigenvalue weighted by Crippen LogP contribution is 2.15. The second kappa shape index (κ2) is 5.62. The minimum Gasteiger partial charge on any atom is -0.327 e. The van der Waals surface area contributed by atoms with E-state index in [1.807, 2.05) is 12.2 Å². The zero-order chi connectivity index (χ0) is 8.65. The third kappa shape index (κ3) is 3.41. The molecular weight excluding hydrogens is 146 g/mol. The molecule has 1 atom stereocenters. The fourth-order valence-corrected chi connectivity index (χ4v) is 1.21. The summed E-state index contributed by atoms with van der Waals surface area (Å²) in [5.41, 5.74) is 5.28. The number of nitrogens with two attached hydrogens (primary N) is 1. The molecule has 0 aromatic rings. The highest BCUT2D eigenvalue weighted by Gasteiger charge is 2.02.